The van der Waals surface area contributed by atoms with Crippen LogP contribution in [-0.2, 0) is 4.74 Å². The molecule has 0 aliphatic carbocycles. The first-order valence-electron chi connectivity index (χ1n) is 4.89. The van der Waals surface area contributed by atoms with Gasteiger partial charge in [-0.1, -0.05) is 26.7 Å². The van der Waals surface area contributed by atoms with Crippen molar-refractivity contribution in [2.24, 2.45) is 5.92 Å². The summed E-state index contributed by atoms with van der Waals surface area (Å²) in [5, 5.41) is 8.50. The molecule has 0 saturated heterocycles. The molecule has 0 heterocycles. The summed E-state index contributed by atoms with van der Waals surface area (Å²) in [6.45, 7) is 7.14. The van der Waals surface area contributed by atoms with Crippen molar-refractivity contribution in [3.8, 4) is 0 Å². The normalized spacial score (nSPS) is 13.8. The van der Waals surface area contributed by atoms with Crippen molar-refractivity contribution in [1.29, 1.82) is 0 Å². The number of hydrogen-bond acceptors (Lipinski definition) is 2. The van der Waals surface area contributed by atoms with Crippen LogP contribution in [0.15, 0.2) is 0 Å². The fourth-order valence-corrected chi connectivity index (χ4v) is 1.15. The summed E-state index contributed by atoms with van der Waals surface area (Å²) in [4.78, 5) is 0. The maximum Gasteiger partial charge on any atom is 0.0701 e. The lowest BCUT2D eigenvalue weighted by atomic mass is 10.0. The highest BCUT2D eigenvalue weighted by Crippen LogP contribution is 2.09. The molecule has 0 aliphatic heterocycles. The quantitative estimate of drug-likeness (QED) is 0.641. The number of ether oxygens (including phenoxy) is 1. The van der Waals surface area contributed by atoms with E-state index in [-0.39, 0.29) is 6.61 Å². The molecule has 2 heteroatoms. The zero-order valence-electron chi connectivity index (χ0n) is 8.55. The molecule has 1 unspecified atom stereocenters. The summed E-state index contributed by atoms with van der Waals surface area (Å²) in [6.07, 6.45) is 3.91. The van der Waals surface area contributed by atoms with Crippen molar-refractivity contribution in [3.05, 3.63) is 0 Å². The minimum absolute atomic E-state index is 0.133. The molecule has 1 atom stereocenters. The van der Waals surface area contributed by atoms with E-state index in [9.17, 15) is 0 Å². The van der Waals surface area contributed by atoms with Crippen molar-refractivity contribution in [2.75, 3.05) is 13.2 Å². The molecule has 0 saturated carbocycles. The Kier molecular flexibility index (Phi) is 7.51. The van der Waals surface area contributed by atoms with Crippen molar-refractivity contribution in [2.45, 2.75) is 46.1 Å². The summed E-state index contributed by atoms with van der Waals surface area (Å²) in [6, 6.07) is 0. The van der Waals surface area contributed by atoms with Gasteiger partial charge in [0.05, 0.1) is 19.3 Å². The average Bonchev–Trinajstić information content (AvgIpc) is 2.00. The Labute approximate surface area is 75.9 Å². The maximum absolute atomic E-state index is 8.50. The van der Waals surface area contributed by atoms with E-state index in [4.69, 9.17) is 9.84 Å². The first-order chi connectivity index (χ1) is 5.66. The van der Waals surface area contributed by atoms with Crippen LogP contribution < -0.4 is 0 Å². The number of aliphatic hydroxyl groups excluding tert-OH is 1. The van der Waals surface area contributed by atoms with Gasteiger partial charge in [-0.3, -0.25) is 0 Å². The molecule has 0 aromatic carbocycles. The summed E-state index contributed by atoms with van der Waals surface area (Å²) < 4.78 is 5.32. The van der Waals surface area contributed by atoms with Crippen LogP contribution in [0.1, 0.15) is 40.0 Å². The molecule has 74 valence electrons. The fraction of sp³-hybridized carbons (Fsp3) is 1.00. The first kappa shape index (κ1) is 11.9. The molecule has 0 aliphatic rings. The zero-order valence-corrected chi connectivity index (χ0v) is 8.55. The van der Waals surface area contributed by atoms with Gasteiger partial charge in [0.25, 0.3) is 0 Å². The second kappa shape index (κ2) is 7.56. The SMILES string of the molecule is CC(C)CCCC(C)OCCO. The third-order valence-corrected chi connectivity index (χ3v) is 1.89. The molecular weight excluding hydrogens is 152 g/mol. The van der Waals surface area contributed by atoms with E-state index in [0.717, 1.165) is 12.3 Å². The topological polar surface area (TPSA) is 29.5 Å². The van der Waals surface area contributed by atoms with Crippen molar-refractivity contribution in [3.63, 3.8) is 0 Å². The monoisotopic (exact) mass is 174 g/mol. The standard InChI is InChI=1S/C10H22O2/c1-9(2)5-4-6-10(3)12-8-7-11/h9-11H,4-8H2,1-3H3. The van der Waals surface area contributed by atoms with Gasteiger partial charge < -0.3 is 9.84 Å². The Bertz CT molecular complexity index is 91.8. The second-order valence-electron chi connectivity index (χ2n) is 3.73. The highest BCUT2D eigenvalue weighted by molar-refractivity contribution is 4.53. The first-order valence-corrected chi connectivity index (χ1v) is 4.89. The largest absolute Gasteiger partial charge is 0.394 e. The Morgan fingerprint density at radius 2 is 1.83 bits per heavy atom. The van der Waals surface area contributed by atoms with Gasteiger partial charge in [-0.25, -0.2) is 0 Å². The van der Waals surface area contributed by atoms with E-state index in [1.54, 1.807) is 0 Å². The van der Waals surface area contributed by atoms with Crippen molar-refractivity contribution >= 4 is 0 Å². The summed E-state index contributed by atoms with van der Waals surface area (Å²) >= 11 is 0. The van der Waals surface area contributed by atoms with Gasteiger partial charge in [-0.15, -0.1) is 0 Å². The van der Waals surface area contributed by atoms with Gasteiger partial charge >= 0.3 is 0 Å². The minimum atomic E-state index is 0.133. The molecule has 1 N–H and O–H groups in total. The summed E-state index contributed by atoms with van der Waals surface area (Å²) in [5.41, 5.74) is 0. The van der Waals surface area contributed by atoms with Crippen LogP contribution in [0.3, 0.4) is 0 Å². The third kappa shape index (κ3) is 8.02. The molecule has 0 fully saturated rings. The van der Waals surface area contributed by atoms with Gasteiger partial charge in [0.2, 0.25) is 0 Å². The van der Waals surface area contributed by atoms with Gasteiger partial charge in [0.1, 0.15) is 0 Å². The Morgan fingerprint density at radius 1 is 1.17 bits per heavy atom. The minimum Gasteiger partial charge on any atom is -0.394 e. The van der Waals surface area contributed by atoms with E-state index in [2.05, 4.69) is 20.8 Å². The van der Waals surface area contributed by atoms with Crippen LogP contribution in [0, 0.1) is 5.92 Å². The molecule has 0 rings (SSSR count). The van der Waals surface area contributed by atoms with E-state index >= 15 is 0 Å². The van der Waals surface area contributed by atoms with Crippen LogP contribution in [0.2, 0.25) is 0 Å². The van der Waals surface area contributed by atoms with Gasteiger partial charge in [-0.05, 0) is 19.3 Å². The molecule has 0 spiro atoms. The molecule has 0 aromatic heterocycles. The second-order valence-corrected chi connectivity index (χ2v) is 3.73. The highest BCUT2D eigenvalue weighted by atomic mass is 16.5. The molecule has 0 amide bonds. The number of aliphatic hydroxyl groups is 1. The molecule has 0 aromatic rings. The lowest BCUT2D eigenvalue weighted by Gasteiger charge is -2.12. The predicted molar refractivity (Wildman–Crippen MR) is 51.2 cm³/mol. The van der Waals surface area contributed by atoms with Gasteiger partial charge in [-0.2, -0.15) is 0 Å². The third-order valence-electron chi connectivity index (χ3n) is 1.89. The zero-order chi connectivity index (χ0) is 9.40. The van der Waals surface area contributed by atoms with E-state index in [1.807, 2.05) is 0 Å². The highest BCUT2D eigenvalue weighted by Gasteiger charge is 2.01. The average molecular weight is 174 g/mol. The van der Waals surface area contributed by atoms with Crippen LogP contribution >= 0.6 is 0 Å². The summed E-state index contributed by atoms with van der Waals surface area (Å²) in [5.74, 6) is 0.787. The maximum atomic E-state index is 8.50. The fourth-order valence-electron chi connectivity index (χ4n) is 1.15. The molecule has 0 radical (unpaired) electrons. The number of hydrogen-bond donors (Lipinski definition) is 1. The Hall–Kier alpha value is -0.0800. The molecular formula is C10H22O2. The Balaban J connectivity index is 3.13. The van der Waals surface area contributed by atoms with Crippen LogP contribution in [-0.4, -0.2) is 24.4 Å². The Morgan fingerprint density at radius 3 is 2.33 bits per heavy atom. The van der Waals surface area contributed by atoms with Gasteiger partial charge in [0.15, 0.2) is 0 Å². The predicted octanol–water partition coefficient (Wildman–Crippen LogP) is 2.21. The van der Waals surface area contributed by atoms with Crippen LogP contribution in [0.25, 0.3) is 0 Å². The molecule has 12 heavy (non-hydrogen) atoms. The van der Waals surface area contributed by atoms with E-state index < -0.39 is 0 Å². The van der Waals surface area contributed by atoms with E-state index in [0.29, 0.717) is 12.7 Å². The van der Waals surface area contributed by atoms with Crippen molar-refractivity contribution in [1.82, 2.24) is 0 Å². The smallest absolute Gasteiger partial charge is 0.0701 e. The lowest BCUT2D eigenvalue weighted by molar-refractivity contribution is 0.0330. The summed E-state index contributed by atoms with van der Waals surface area (Å²) in [7, 11) is 0. The van der Waals surface area contributed by atoms with Crippen LogP contribution in [0.5, 0.6) is 0 Å². The van der Waals surface area contributed by atoms with Gasteiger partial charge in [0, 0.05) is 0 Å². The van der Waals surface area contributed by atoms with Crippen LogP contribution in [0.4, 0.5) is 0 Å². The molecule has 0 bridgehead atoms. The number of rotatable bonds is 7. The lowest BCUT2D eigenvalue weighted by Crippen LogP contribution is -2.11. The van der Waals surface area contributed by atoms with Crippen molar-refractivity contribution < 1.29 is 9.84 Å². The van der Waals surface area contributed by atoms with E-state index in [1.165, 1.54) is 12.8 Å². The molecule has 2 nitrogen and oxygen atoms in total.